The molecule has 4 amide bonds. The molecule has 3 fully saturated rings. The Hall–Kier alpha value is -2.74. The summed E-state index contributed by atoms with van der Waals surface area (Å²) in [4.78, 5) is 57.4. The molecule has 178 valence electrons. The largest absolute Gasteiger partial charge is 0.383 e. The highest BCUT2D eigenvalue weighted by molar-refractivity contribution is 6.11. The van der Waals surface area contributed by atoms with Crippen LogP contribution in [0, 0.1) is 6.92 Å². The van der Waals surface area contributed by atoms with Crippen molar-refractivity contribution < 1.29 is 23.9 Å². The van der Waals surface area contributed by atoms with E-state index >= 15 is 0 Å². The number of carbonyl (C=O) groups is 4. The van der Waals surface area contributed by atoms with E-state index in [9.17, 15) is 19.2 Å². The van der Waals surface area contributed by atoms with E-state index in [1.807, 2.05) is 36.1 Å². The van der Waals surface area contributed by atoms with Gasteiger partial charge in [0, 0.05) is 39.1 Å². The van der Waals surface area contributed by atoms with Gasteiger partial charge in [-0.3, -0.25) is 24.1 Å². The number of likely N-dealkylation sites (tertiary alicyclic amines) is 1. The van der Waals surface area contributed by atoms with E-state index in [0.717, 1.165) is 31.2 Å². The van der Waals surface area contributed by atoms with Crippen LogP contribution in [0.25, 0.3) is 0 Å². The topological polar surface area (TPSA) is 87.2 Å². The van der Waals surface area contributed by atoms with Crippen LogP contribution in [0.1, 0.15) is 49.7 Å². The van der Waals surface area contributed by atoms with Crippen molar-refractivity contribution in [3.05, 3.63) is 35.4 Å². The zero-order valence-corrected chi connectivity index (χ0v) is 19.5. The van der Waals surface area contributed by atoms with E-state index in [-0.39, 0.29) is 62.2 Å². The summed E-state index contributed by atoms with van der Waals surface area (Å²) in [5, 5.41) is 0. The van der Waals surface area contributed by atoms with Gasteiger partial charge in [-0.15, -0.1) is 0 Å². The molecule has 0 N–H and O–H groups in total. The summed E-state index contributed by atoms with van der Waals surface area (Å²) in [5.74, 6) is -0.937. The fraction of sp³-hybridized carbons (Fsp3) is 0.600. The van der Waals surface area contributed by atoms with Gasteiger partial charge in [-0.1, -0.05) is 37.1 Å². The smallest absolute Gasteiger partial charge is 0.242 e. The first-order valence-corrected chi connectivity index (χ1v) is 11.8. The number of imide groups is 1. The third-order valence-electron chi connectivity index (χ3n) is 7.42. The molecule has 1 aliphatic carbocycles. The summed E-state index contributed by atoms with van der Waals surface area (Å²) in [6.45, 7) is 3.32. The van der Waals surface area contributed by atoms with E-state index in [2.05, 4.69) is 0 Å². The first-order valence-electron chi connectivity index (χ1n) is 11.8. The maximum absolute atomic E-state index is 13.6. The summed E-state index contributed by atoms with van der Waals surface area (Å²) in [6.07, 6.45) is 4.18. The van der Waals surface area contributed by atoms with E-state index < -0.39 is 5.41 Å². The summed E-state index contributed by atoms with van der Waals surface area (Å²) >= 11 is 0. The van der Waals surface area contributed by atoms with Crippen molar-refractivity contribution in [3.63, 3.8) is 0 Å². The van der Waals surface area contributed by atoms with Crippen molar-refractivity contribution in [1.29, 1.82) is 0 Å². The van der Waals surface area contributed by atoms with Crippen LogP contribution in [-0.2, 0) is 29.3 Å². The van der Waals surface area contributed by atoms with Gasteiger partial charge in [0.05, 0.1) is 25.1 Å². The normalized spacial score (nSPS) is 24.3. The average molecular weight is 456 g/mol. The van der Waals surface area contributed by atoms with Crippen LogP contribution in [-0.4, -0.2) is 84.3 Å². The number of piperazine rings is 1. The maximum atomic E-state index is 13.6. The van der Waals surface area contributed by atoms with Gasteiger partial charge in [0.15, 0.2) is 0 Å². The van der Waals surface area contributed by atoms with Crippen molar-refractivity contribution in [2.75, 3.05) is 39.9 Å². The molecule has 1 saturated carbocycles. The minimum absolute atomic E-state index is 0.0259. The first kappa shape index (κ1) is 23.4. The molecule has 8 nitrogen and oxygen atoms in total. The minimum Gasteiger partial charge on any atom is -0.383 e. The van der Waals surface area contributed by atoms with Gasteiger partial charge in [-0.2, -0.15) is 0 Å². The molecule has 2 heterocycles. The Kier molecular flexibility index (Phi) is 6.83. The van der Waals surface area contributed by atoms with E-state index in [1.165, 1.54) is 12.0 Å². The Morgan fingerprint density at radius 2 is 1.82 bits per heavy atom. The van der Waals surface area contributed by atoms with Crippen molar-refractivity contribution in [3.8, 4) is 0 Å². The Balaban J connectivity index is 1.56. The quantitative estimate of drug-likeness (QED) is 0.584. The number of hydrogen-bond acceptors (Lipinski definition) is 5. The maximum Gasteiger partial charge on any atom is 0.242 e. The Morgan fingerprint density at radius 1 is 1.09 bits per heavy atom. The summed E-state index contributed by atoms with van der Waals surface area (Å²) in [7, 11) is 1.52. The lowest BCUT2D eigenvalue weighted by atomic mass is 9.74. The van der Waals surface area contributed by atoms with Crippen molar-refractivity contribution >= 4 is 23.6 Å². The van der Waals surface area contributed by atoms with Crippen LogP contribution < -0.4 is 0 Å². The Bertz CT molecular complexity index is 942. The number of rotatable bonds is 7. The second-order valence-electron chi connectivity index (χ2n) is 9.43. The number of carbonyl (C=O) groups excluding carboxylic acids is 4. The first-order chi connectivity index (χ1) is 15.9. The van der Waals surface area contributed by atoms with Crippen molar-refractivity contribution in [1.82, 2.24) is 14.7 Å². The summed E-state index contributed by atoms with van der Waals surface area (Å²) in [6, 6.07) is 7.71. The molecule has 8 heteroatoms. The Morgan fingerprint density at radius 3 is 2.48 bits per heavy atom. The molecular weight excluding hydrogens is 422 g/mol. The number of benzene rings is 1. The number of nitrogens with zero attached hydrogens (tertiary/aromatic N) is 3. The third-order valence-corrected chi connectivity index (χ3v) is 7.42. The zero-order valence-electron chi connectivity index (χ0n) is 19.5. The zero-order chi connectivity index (χ0) is 23.6. The molecule has 0 unspecified atom stereocenters. The Labute approximate surface area is 194 Å². The molecule has 1 atom stereocenters. The fourth-order valence-corrected chi connectivity index (χ4v) is 5.63. The number of amides is 4. The van der Waals surface area contributed by atoms with Crippen LogP contribution in [0.3, 0.4) is 0 Å². The van der Waals surface area contributed by atoms with Gasteiger partial charge in [-0.05, 0) is 30.9 Å². The molecule has 4 rings (SSSR count). The van der Waals surface area contributed by atoms with Crippen LogP contribution in [0.15, 0.2) is 24.3 Å². The van der Waals surface area contributed by atoms with E-state index in [0.29, 0.717) is 18.7 Å². The predicted octanol–water partition coefficient (Wildman–Crippen LogP) is 1.64. The molecule has 0 radical (unpaired) electrons. The highest BCUT2D eigenvalue weighted by Gasteiger charge is 2.54. The molecule has 3 aliphatic rings. The predicted molar refractivity (Wildman–Crippen MR) is 121 cm³/mol. The molecule has 0 bridgehead atoms. The summed E-state index contributed by atoms with van der Waals surface area (Å²) < 4.78 is 5.07. The lowest BCUT2D eigenvalue weighted by Gasteiger charge is -2.39. The number of hydrogen-bond donors (Lipinski definition) is 0. The summed E-state index contributed by atoms with van der Waals surface area (Å²) in [5.41, 5.74) is 0.313. The molecule has 0 aromatic heterocycles. The molecular formula is C25H33N3O5. The molecule has 2 saturated heterocycles. The van der Waals surface area contributed by atoms with Gasteiger partial charge >= 0.3 is 0 Å². The number of ether oxygens (including phenoxy) is 1. The number of methoxy groups -OCH3 is 1. The van der Waals surface area contributed by atoms with Gasteiger partial charge in [0.1, 0.15) is 0 Å². The molecule has 1 aromatic rings. The highest BCUT2D eigenvalue weighted by atomic mass is 16.5. The van der Waals surface area contributed by atoms with Crippen molar-refractivity contribution in [2.45, 2.75) is 56.9 Å². The van der Waals surface area contributed by atoms with Crippen LogP contribution >= 0.6 is 0 Å². The lowest BCUT2D eigenvalue weighted by Crippen LogP contribution is -2.56. The monoisotopic (exact) mass is 455 g/mol. The van der Waals surface area contributed by atoms with Crippen LogP contribution in [0.2, 0.25) is 0 Å². The molecule has 2 aliphatic heterocycles. The number of aryl methyl sites for hydroxylation is 1. The molecule has 1 aromatic carbocycles. The lowest BCUT2D eigenvalue weighted by molar-refractivity contribution is -0.149. The van der Waals surface area contributed by atoms with Crippen LogP contribution in [0.4, 0.5) is 0 Å². The van der Waals surface area contributed by atoms with E-state index in [4.69, 9.17) is 4.74 Å². The average Bonchev–Trinajstić information content (AvgIpc) is 3.40. The molecule has 0 spiro atoms. The fourth-order valence-electron chi connectivity index (χ4n) is 5.63. The second kappa shape index (κ2) is 9.63. The van der Waals surface area contributed by atoms with Gasteiger partial charge in [0.25, 0.3) is 0 Å². The third kappa shape index (κ3) is 4.40. The van der Waals surface area contributed by atoms with E-state index in [1.54, 1.807) is 4.90 Å². The highest BCUT2D eigenvalue weighted by Crippen LogP contribution is 2.41. The minimum atomic E-state index is -1.25. The van der Waals surface area contributed by atoms with Gasteiger partial charge in [0.2, 0.25) is 23.6 Å². The molecule has 33 heavy (non-hydrogen) atoms. The standard InChI is InChI=1S/C25H33N3O5/c1-18-7-3-6-10-20(18)25(16-22(30)28(24(25)32)13-14-33-2)15-21(29)26-11-12-27(23(31)17-26)19-8-4-5-9-19/h3,6-7,10,19H,4-5,8-9,11-17H2,1-2H3/t25-/m1/s1. The van der Waals surface area contributed by atoms with Gasteiger partial charge in [-0.25, -0.2) is 0 Å². The second-order valence-corrected chi connectivity index (χ2v) is 9.43. The van der Waals surface area contributed by atoms with Gasteiger partial charge < -0.3 is 14.5 Å². The van der Waals surface area contributed by atoms with Crippen LogP contribution in [0.5, 0.6) is 0 Å². The SMILES string of the molecule is COCCN1C(=O)C[C@](CC(=O)N2CCN(C3CCCC3)C(=O)C2)(c2ccccc2C)C1=O. The van der Waals surface area contributed by atoms with Crippen molar-refractivity contribution in [2.24, 2.45) is 0 Å².